The molecule has 0 aromatic carbocycles. The number of hydrogen-bond donors (Lipinski definition) is 0. The molecule has 2 aromatic heterocycles. The third-order valence-corrected chi connectivity index (χ3v) is 5.24. The van der Waals surface area contributed by atoms with E-state index in [4.69, 9.17) is 4.74 Å². The highest BCUT2D eigenvalue weighted by Crippen LogP contribution is 2.25. The zero-order valence-electron chi connectivity index (χ0n) is 15.3. The molecule has 0 unspecified atom stereocenters. The van der Waals surface area contributed by atoms with Crippen LogP contribution in [0.25, 0.3) is 0 Å². The smallest absolute Gasteiger partial charge is 0.220 e. The Kier molecular flexibility index (Phi) is 5.73. The molecule has 0 radical (unpaired) electrons. The molecular weight excluding hydrogens is 334 g/mol. The molecule has 0 aliphatic carbocycles. The van der Waals surface area contributed by atoms with Crippen molar-refractivity contribution < 1.29 is 4.74 Å². The normalized spacial score (nSPS) is 15.4. The molecule has 0 spiro atoms. The van der Waals surface area contributed by atoms with E-state index in [0.717, 1.165) is 59.7 Å². The van der Waals surface area contributed by atoms with Gasteiger partial charge in [0.1, 0.15) is 12.1 Å². The van der Waals surface area contributed by atoms with Crippen molar-refractivity contribution in [3.8, 4) is 5.88 Å². The number of ether oxygens (including phenoxy) is 1. The van der Waals surface area contributed by atoms with Gasteiger partial charge in [-0.3, -0.25) is 0 Å². The molecule has 0 saturated carbocycles. The molecule has 134 valence electrons. The standard InChI is InChI=1S/C18H25N5OS/c1-12-9-16(20-11-19-12)23-7-5-15(6-8-23)10-24-17-13(2)14(3)21-18(22-17)25-4/h9,11,15H,5-8,10H2,1-4H3. The van der Waals surface area contributed by atoms with Gasteiger partial charge in [-0.2, -0.15) is 4.98 Å². The van der Waals surface area contributed by atoms with Gasteiger partial charge in [-0.05, 0) is 45.8 Å². The first-order valence-electron chi connectivity index (χ1n) is 8.62. The third-order valence-electron chi connectivity index (χ3n) is 4.69. The lowest BCUT2D eigenvalue weighted by Gasteiger charge is -2.32. The van der Waals surface area contributed by atoms with Gasteiger partial charge in [0.05, 0.1) is 6.61 Å². The first-order valence-corrected chi connectivity index (χ1v) is 9.85. The van der Waals surface area contributed by atoms with Gasteiger partial charge >= 0.3 is 0 Å². The average Bonchev–Trinajstić information content (AvgIpc) is 2.63. The maximum absolute atomic E-state index is 6.05. The fraction of sp³-hybridized carbons (Fsp3) is 0.556. The Bertz CT molecular complexity index is 731. The number of rotatable bonds is 5. The minimum Gasteiger partial charge on any atom is -0.477 e. The van der Waals surface area contributed by atoms with Gasteiger partial charge in [0.2, 0.25) is 5.88 Å². The lowest BCUT2D eigenvalue weighted by atomic mass is 9.98. The molecule has 1 aliphatic heterocycles. The number of anilines is 1. The van der Waals surface area contributed by atoms with Crippen LogP contribution in [0.4, 0.5) is 5.82 Å². The first-order chi connectivity index (χ1) is 12.1. The quantitative estimate of drug-likeness (QED) is 0.600. The van der Waals surface area contributed by atoms with Crippen LogP contribution in [-0.4, -0.2) is 45.9 Å². The zero-order valence-corrected chi connectivity index (χ0v) is 16.1. The minimum atomic E-state index is 0.548. The van der Waals surface area contributed by atoms with Crippen molar-refractivity contribution in [2.45, 2.75) is 38.8 Å². The molecule has 3 heterocycles. The molecule has 1 fully saturated rings. The number of thioether (sulfide) groups is 1. The van der Waals surface area contributed by atoms with E-state index in [0.29, 0.717) is 12.5 Å². The summed E-state index contributed by atoms with van der Waals surface area (Å²) < 4.78 is 6.05. The first kappa shape index (κ1) is 17.9. The van der Waals surface area contributed by atoms with E-state index in [1.165, 1.54) is 0 Å². The van der Waals surface area contributed by atoms with Gasteiger partial charge in [-0.25, -0.2) is 15.0 Å². The molecule has 6 nitrogen and oxygen atoms in total. The molecule has 1 aliphatic rings. The molecule has 0 bridgehead atoms. The van der Waals surface area contributed by atoms with Crippen molar-refractivity contribution in [3.63, 3.8) is 0 Å². The van der Waals surface area contributed by atoms with E-state index in [9.17, 15) is 0 Å². The molecule has 0 N–H and O–H groups in total. The van der Waals surface area contributed by atoms with Crippen LogP contribution in [0.5, 0.6) is 5.88 Å². The highest BCUT2D eigenvalue weighted by atomic mass is 32.2. The summed E-state index contributed by atoms with van der Waals surface area (Å²) in [5, 5.41) is 0.770. The number of nitrogens with zero attached hydrogens (tertiary/aromatic N) is 5. The number of aromatic nitrogens is 4. The summed E-state index contributed by atoms with van der Waals surface area (Å²) in [4.78, 5) is 19.8. The van der Waals surface area contributed by atoms with E-state index < -0.39 is 0 Å². The molecule has 3 rings (SSSR count). The monoisotopic (exact) mass is 359 g/mol. The van der Waals surface area contributed by atoms with E-state index in [1.54, 1.807) is 18.1 Å². The van der Waals surface area contributed by atoms with Gasteiger partial charge in [0, 0.05) is 36.1 Å². The summed E-state index contributed by atoms with van der Waals surface area (Å²) in [6, 6.07) is 2.05. The van der Waals surface area contributed by atoms with Crippen LogP contribution in [0.15, 0.2) is 17.6 Å². The fourth-order valence-electron chi connectivity index (χ4n) is 2.95. The molecule has 7 heteroatoms. The number of hydrogen-bond acceptors (Lipinski definition) is 7. The van der Waals surface area contributed by atoms with Crippen LogP contribution in [0.2, 0.25) is 0 Å². The Morgan fingerprint density at radius 1 is 1.16 bits per heavy atom. The van der Waals surface area contributed by atoms with Crippen LogP contribution in [0.1, 0.15) is 29.8 Å². The van der Waals surface area contributed by atoms with Crippen molar-refractivity contribution in [2.24, 2.45) is 5.92 Å². The summed E-state index contributed by atoms with van der Waals surface area (Å²) in [7, 11) is 0. The van der Waals surface area contributed by atoms with E-state index in [-0.39, 0.29) is 0 Å². The average molecular weight is 359 g/mol. The van der Waals surface area contributed by atoms with E-state index in [1.807, 2.05) is 33.1 Å². The second-order valence-electron chi connectivity index (χ2n) is 6.48. The van der Waals surface area contributed by atoms with Crippen LogP contribution in [0.3, 0.4) is 0 Å². The van der Waals surface area contributed by atoms with Crippen molar-refractivity contribution in [3.05, 3.63) is 29.3 Å². The zero-order chi connectivity index (χ0) is 17.8. The lowest BCUT2D eigenvalue weighted by Crippen LogP contribution is -2.36. The molecule has 0 atom stereocenters. The Morgan fingerprint density at radius 3 is 2.60 bits per heavy atom. The van der Waals surface area contributed by atoms with E-state index in [2.05, 4.69) is 24.8 Å². The van der Waals surface area contributed by atoms with Crippen molar-refractivity contribution in [2.75, 3.05) is 30.9 Å². The summed E-state index contributed by atoms with van der Waals surface area (Å²) in [5.74, 6) is 2.30. The second kappa shape index (κ2) is 7.99. The lowest BCUT2D eigenvalue weighted by molar-refractivity contribution is 0.213. The van der Waals surface area contributed by atoms with Gasteiger partial charge < -0.3 is 9.64 Å². The topological polar surface area (TPSA) is 64.0 Å². The van der Waals surface area contributed by atoms with Gasteiger partial charge in [-0.1, -0.05) is 11.8 Å². The maximum Gasteiger partial charge on any atom is 0.220 e. The third kappa shape index (κ3) is 4.39. The van der Waals surface area contributed by atoms with Crippen molar-refractivity contribution in [1.29, 1.82) is 0 Å². The Balaban J connectivity index is 1.55. The van der Waals surface area contributed by atoms with Gasteiger partial charge in [-0.15, -0.1) is 0 Å². The second-order valence-corrected chi connectivity index (χ2v) is 7.26. The van der Waals surface area contributed by atoms with Gasteiger partial charge in [0.15, 0.2) is 5.16 Å². The summed E-state index contributed by atoms with van der Waals surface area (Å²) in [5.41, 5.74) is 3.03. The maximum atomic E-state index is 6.05. The summed E-state index contributed by atoms with van der Waals surface area (Å²) >= 11 is 1.55. The summed E-state index contributed by atoms with van der Waals surface area (Å²) in [6.45, 7) is 8.74. The fourth-order valence-corrected chi connectivity index (χ4v) is 3.35. The van der Waals surface area contributed by atoms with Crippen molar-refractivity contribution in [1.82, 2.24) is 19.9 Å². The van der Waals surface area contributed by atoms with Crippen LogP contribution in [0, 0.1) is 26.7 Å². The van der Waals surface area contributed by atoms with Gasteiger partial charge in [0.25, 0.3) is 0 Å². The highest BCUT2D eigenvalue weighted by molar-refractivity contribution is 7.98. The van der Waals surface area contributed by atoms with E-state index >= 15 is 0 Å². The molecule has 1 saturated heterocycles. The SMILES string of the molecule is CSc1nc(C)c(C)c(OCC2CCN(c3cc(C)ncn3)CC2)n1. The van der Waals surface area contributed by atoms with Crippen molar-refractivity contribution >= 4 is 17.6 Å². The predicted molar refractivity (Wildman–Crippen MR) is 100 cm³/mol. The predicted octanol–water partition coefficient (Wildman–Crippen LogP) is 3.21. The summed E-state index contributed by atoms with van der Waals surface area (Å²) in [6.07, 6.45) is 5.82. The Labute approximate surface area is 153 Å². The minimum absolute atomic E-state index is 0.548. The molecule has 2 aromatic rings. The van der Waals surface area contributed by atoms with Crippen LogP contribution >= 0.6 is 11.8 Å². The number of piperidine rings is 1. The molecular formula is C18H25N5OS. The Hall–Kier alpha value is -1.89. The number of aryl methyl sites for hydroxylation is 2. The highest BCUT2D eigenvalue weighted by Gasteiger charge is 2.21. The van der Waals surface area contributed by atoms with Crippen LogP contribution in [-0.2, 0) is 0 Å². The Morgan fingerprint density at radius 2 is 1.92 bits per heavy atom. The molecule has 25 heavy (non-hydrogen) atoms. The molecule has 0 amide bonds. The van der Waals surface area contributed by atoms with Crippen LogP contribution < -0.4 is 9.64 Å². The largest absolute Gasteiger partial charge is 0.477 e.